The molecule has 0 radical (unpaired) electrons. The first-order chi connectivity index (χ1) is 11.9. The largest absolute Gasteiger partial charge is 0.488 e. The number of nitrogens with zero attached hydrogens (tertiary/aromatic N) is 1. The number of para-hydroxylation sites is 1. The van der Waals surface area contributed by atoms with Crippen molar-refractivity contribution in [2.75, 3.05) is 13.2 Å². The Labute approximate surface area is 154 Å². The van der Waals surface area contributed by atoms with Gasteiger partial charge in [-0.1, -0.05) is 23.7 Å². The van der Waals surface area contributed by atoms with Crippen LogP contribution in [0.15, 0.2) is 42.5 Å². The second-order valence-electron chi connectivity index (χ2n) is 6.40. The molecule has 25 heavy (non-hydrogen) atoms. The molecule has 2 aromatic carbocycles. The van der Waals surface area contributed by atoms with Crippen molar-refractivity contribution in [1.82, 2.24) is 4.90 Å². The third kappa shape index (κ3) is 5.62. The van der Waals surface area contributed by atoms with Crippen LogP contribution < -0.4 is 9.47 Å². The third-order valence-electron chi connectivity index (χ3n) is 3.88. The SMILES string of the molecule is CC(C)N(CCOc1cccc(F)c1Oc1cccc(Cl)c1)C(C)C. The Balaban J connectivity index is 2.09. The van der Waals surface area contributed by atoms with Gasteiger partial charge in [-0.2, -0.15) is 0 Å². The lowest BCUT2D eigenvalue weighted by atomic mass is 10.2. The molecule has 5 heteroatoms. The first kappa shape index (κ1) is 19.5. The van der Waals surface area contributed by atoms with Gasteiger partial charge in [-0.15, -0.1) is 0 Å². The van der Waals surface area contributed by atoms with Gasteiger partial charge in [0.15, 0.2) is 11.6 Å². The molecule has 0 aliphatic heterocycles. The summed E-state index contributed by atoms with van der Waals surface area (Å²) in [6.07, 6.45) is 0. The normalized spacial score (nSPS) is 11.4. The van der Waals surface area contributed by atoms with Gasteiger partial charge < -0.3 is 9.47 Å². The third-order valence-corrected chi connectivity index (χ3v) is 4.12. The average molecular weight is 366 g/mol. The van der Waals surface area contributed by atoms with Crippen molar-refractivity contribution in [1.29, 1.82) is 0 Å². The summed E-state index contributed by atoms with van der Waals surface area (Å²) in [6, 6.07) is 12.3. The van der Waals surface area contributed by atoms with Crippen LogP contribution in [0.4, 0.5) is 4.39 Å². The maximum absolute atomic E-state index is 14.2. The fourth-order valence-corrected chi connectivity index (χ4v) is 2.90. The second-order valence-corrected chi connectivity index (χ2v) is 6.84. The minimum absolute atomic E-state index is 0.0745. The Hall–Kier alpha value is -1.78. The van der Waals surface area contributed by atoms with Crippen LogP contribution in [-0.2, 0) is 0 Å². The van der Waals surface area contributed by atoms with Gasteiger partial charge in [-0.25, -0.2) is 4.39 Å². The summed E-state index contributed by atoms with van der Waals surface area (Å²) in [7, 11) is 0. The van der Waals surface area contributed by atoms with Gasteiger partial charge in [0.25, 0.3) is 0 Å². The molecule has 0 atom stereocenters. The van der Waals surface area contributed by atoms with Crippen molar-refractivity contribution in [2.45, 2.75) is 39.8 Å². The van der Waals surface area contributed by atoms with Crippen molar-refractivity contribution < 1.29 is 13.9 Å². The van der Waals surface area contributed by atoms with Crippen molar-refractivity contribution in [3.63, 3.8) is 0 Å². The van der Waals surface area contributed by atoms with E-state index in [-0.39, 0.29) is 5.75 Å². The summed E-state index contributed by atoms with van der Waals surface area (Å²) >= 11 is 5.96. The Morgan fingerprint density at radius 3 is 2.36 bits per heavy atom. The van der Waals surface area contributed by atoms with E-state index >= 15 is 0 Å². The van der Waals surface area contributed by atoms with Crippen LogP contribution in [-0.4, -0.2) is 30.1 Å². The molecule has 0 aliphatic rings. The van der Waals surface area contributed by atoms with E-state index < -0.39 is 5.82 Å². The smallest absolute Gasteiger partial charge is 0.204 e. The van der Waals surface area contributed by atoms with E-state index in [1.54, 1.807) is 36.4 Å². The molecule has 0 saturated heterocycles. The first-order valence-electron chi connectivity index (χ1n) is 8.49. The van der Waals surface area contributed by atoms with E-state index in [0.717, 1.165) is 6.54 Å². The molecule has 0 heterocycles. The van der Waals surface area contributed by atoms with Crippen LogP contribution in [0.2, 0.25) is 5.02 Å². The molecule has 0 unspecified atom stereocenters. The fourth-order valence-electron chi connectivity index (χ4n) is 2.72. The first-order valence-corrected chi connectivity index (χ1v) is 8.86. The molecule has 0 fully saturated rings. The Kier molecular flexibility index (Phi) is 7.09. The number of rotatable bonds is 8. The highest BCUT2D eigenvalue weighted by Gasteiger charge is 2.16. The number of ether oxygens (including phenoxy) is 2. The van der Waals surface area contributed by atoms with E-state index in [2.05, 4.69) is 32.6 Å². The van der Waals surface area contributed by atoms with Gasteiger partial charge in [-0.3, -0.25) is 4.90 Å². The summed E-state index contributed by atoms with van der Waals surface area (Å²) in [5.41, 5.74) is 0. The zero-order valence-electron chi connectivity index (χ0n) is 15.1. The van der Waals surface area contributed by atoms with E-state index in [9.17, 15) is 4.39 Å². The Morgan fingerprint density at radius 2 is 1.72 bits per heavy atom. The van der Waals surface area contributed by atoms with Gasteiger partial charge in [0.1, 0.15) is 12.4 Å². The van der Waals surface area contributed by atoms with Crippen LogP contribution in [0.1, 0.15) is 27.7 Å². The molecule has 136 valence electrons. The van der Waals surface area contributed by atoms with Gasteiger partial charge in [0, 0.05) is 23.7 Å². The summed E-state index contributed by atoms with van der Waals surface area (Å²) < 4.78 is 25.7. The molecule has 2 rings (SSSR count). The molecule has 0 N–H and O–H groups in total. The minimum Gasteiger partial charge on any atom is -0.488 e. The van der Waals surface area contributed by atoms with Crippen molar-refractivity contribution in [3.05, 3.63) is 53.3 Å². The lowest BCUT2D eigenvalue weighted by molar-refractivity contribution is 0.140. The highest BCUT2D eigenvalue weighted by atomic mass is 35.5. The molecular formula is C20H25ClFNO2. The molecule has 0 aliphatic carbocycles. The lowest BCUT2D eigenvalue weighted by Gasteiger charge is -2.30. The zero-order valence-corrected chi connectivity index (χ0v) is 15.9. The van der Waals surface area contributed by atoms with Crippen LogP contribution in [0.25, 0.3) is 0 Å². The maximum Gasteiger partial charge on any atom is 0.204 e. The fraction of sp³-hybridized carbons (Fsp3) is 0.400. The summed E-state index contributed by atoms with van der Waals surface area (Å²) in [5.74, 6) is 0.452. The molecule has 0 saturated carbocycles. The summed E-state index contributed by atoms with van der Waals surface area (Å²) in [4.78, 5) is 2.32. The van der Waals surface area contributed by atoms with Crippen LogP contribution in [0.3, 0.4) is 0 Å². The minimum atomic E-state index is -0.470. The molecule has 3 nitrogen and oxygen atoms in total. The molecule has 0 spiro atoms. The maximum atomic E-state index is 14.2. The van der Waals surface area contributed by atoms with Gasteiger partial charge in [0.2, 0.25) is 5.75 Å². The highest BCUT2D eigenvalue weighted by Crippen LogP contribution is 2.34. The number of hydrogen-bond acceptors (Lipinski definition) is 3. The number of halogens is 2. The second kappa shape index (κ2) is 9.07. The molecule has 0 bridgehead atoms. The number of benzene rings is 2. The molecular weight excluding hydrogens is 341 g/mol. The average Bonchev–Trinajstić information content (AvgIpc) is 2.53. The van der Waals surface area contributed by atoms with Crippen molar-refractivity contribution >= 4 is 11.6 Å². The lowest BCUT2D eigenvalue weighted by Crippen LogP contribution is -2.39. The van der Waals surface area contributed by atoms with Crippen LogP contribution >= 0.6 is 11.6 Å². The zero-order chi connectivity index (χ0) is 18.4. The van der Waals surface area contributed by atoms with Gasteiger partial charge >= 0.3 is 0 Å². The Morgan fingerprint density at radius 1 is 1.04 bits per heavy atom. The monoisotopic (exact) mass is 365 g/mol. The standard InChI is InChI=1S/C20H25ClFNO2/c1-14(2)23(15(3)4)11-12-24-19-10-6-9-18(22)20(19)25-17-8-5-7-16(21)13-17/h5-10,13-15H,11-12H2,1-4H3. The van der Waals surface area contributed by atoms with Crippen molar-refractivity contribution in [2.24, 2.45) is 0 Å². The molecule has 0 amide bonds. The quantitative estimate of drug-likeness (QED) is 0.592. The van der Waals surface area contributed by atoms with E-state index in [1.165, 1.54) is 6.07 Å². The topological polar surface area (TPSA) is 21.7 Å². The van der Waals surface area contributed by atoms with Gasteiger partial charge in [-0.05, 0) is 58.0 Å². The van der Waals surface area contributed by atoms with Crippen molar-refractivity contribution in [3.8, 4) is 17.2 Å². The summed E-state index contributed by atoms with van der Waals surface area (Å²) in [6.45, 7) is 9.80. The van der Waals surface area contributed by atoms with Gasteiger partial charge in [0.05, 0.1) is 0 Å². The highest BCUT2D eigenvalue weighted by molar-refractivity contribution is 6.30. The van der Waals surface area contributed by atoms with E-state index in [0.29, 0.717) is 35.2 Å². The molecule has 2 aromatic rings. The van der Waals surface area contributed by atoms with E-state index in [1.807, 2.05) is 0 Å². The predicted molar refractivity (Wildman–Crippen MR) is 100 cm³/mol. The number of hydrogen-bond donors (Lipinski definition) is 0. The Bertz CT molecular complexity index is 683. The van der Waals surface area contributed by atoms with E-state index in [4.69, 9.17) is 21.1 Å². The van der Waals surface area contributed by atoms with Crippen LogP contribution in [0.5, 0.6) is 17.2 Å². The predicted octanol–water partition coefficient (Wildman–Crippen LogP) is 5.77. The summed E-state index contributed by atoms with van der Waals surface area (Å²) in [5, 5.41) is 0.529. The molecule has 0 aromatic heterocycles. The van der Waals surface area contributed by atoms with Crippen LogP contribution in [0, 0.1) is 5.82 Å².